The molecule has 0 amide bonds. The molecule has 0 fully saturated rings. The summed E-state index contributed by atoms with van der Waals surface area (Å²) in [4.78, 5) is 12.2. The lowest BCUT2D eigenvalue weighted by atomic mass is 9.83. The lowest BCUT2D eigenvalue weighted by Gasteiger charge is -2.42. The number of hydrogen-bond acceptors (Lipinski definition) is 6. The van der Waals surface area contributed by atoms with E-state index in [0.717, 1.165) is 0 Å². The Balaban J connectivity index is 3.42. The van der Waals surface area contributed by atoms with Crippen LogP contribution in [-0.4, -0.2) is 43.2 Å². The van der Waals surface area contributed by atoms with Crippen molar-refractivity contribution in [2.75, 3.05) is 20.8 Å². The first-order valence-corrected chi connectivity index (χ1v) is 8.21. The number of carbonyl (C=O) groups is 1. The molecule has 0 bridgehead atoms. The normalized spacial score (nSPS) is 24.9. The van der Waals surface area contributed by atoms with Crippen LogP contribution in [0.25, 0.3) is 0 Å². The summed E-state index contributed by atoms with van der Waals surface area (Å²) >= 11 is 0. The fourth-order valence-corrected chi connectivity index (χ4v) is 4.91. The van der Waals surface area contributed by atoms with Crippen LogP contribution >= 0.6 is 7.60 Å². The highest BCUT2D eigenvalue weighted by atomic mass is 31.2. The average molecular weight is 306 g/mol. The molecule has 2 unspecified atom stereocenters. The van der Waals surface area contributed by atoms with E-state index in [0.29, 0.717) is 19.3 Å². The van der Waals surface area contributed by atoms with Gasteiger partial charge in [0.05, 0.1) is 18.3 Å². The van der Waals surface area contributed by atoms with E-state index in [1.54, 1.807) is 13.0 Å². The summed E-state index contributed by atoms with van der Waals surface area (Å²) < 4.78 is 28.1. The van der Waals surface area contributed by atoms with Crippen molar-refractivity contribution in [2.24, 2.45) is 0 Å². The number of ether oxygens (including phenoxy) is 1. The molecule has 0 aromatic rings. The Bertz CT molecular complexity index is 423. The number of hydrogen-bond donors (Lipinski definition) is 1. The lowest BCUT2D eigenvalue weighted by molar-refractivity contribution is -0.139. The van der Waals surface area contributed by atoms with Gasteiger partial charge in [0.1, 0.15) is 5.16 Å². The second kappa shape index (κ2) is 6.85. The predicted octanol–water partition coefficient (Wildman–Crippen LogP) is 2.27. The maximum atomic E-state index is 12.9. The molecule has 20 heavy (non-hydrogen) atoms. The van der Waals surface area contributed by atoms with Crippen LogP contribution in [0.5, 0.6) is 0 Å². The average Bonchev–Trinajstić information content (AvgIpc) is 2.46. The van der Waals surface area contributed by atoms with Crippen LogP contribution in [-0.2, 0) is 23.1 Å². The molecular formula is C13H23O6P. The molecule has 0 aromatic heterocycles. The predicted molar refractivity (Wildman–Crippen MR) is 74.6 cm³/mol. The van der Waals surface area contributed by atoms with Crippen molar-refractivity contribution in [3.8, 4) is 0 Å². The van der Waals surface area contributed by atoms with E-state index in [-0.39, 0.29) is 12.2 Å². The van der Waals surface area contributed by atoms with Crippen LogP contribution < -0.4 is 0 Å². The van der Waals surface area contributed by atoms with Crippen LogP contribution in [0.4, 0.5) is 0 Å². The number of esters is 1. The smallest absolute Gasteiger partial charge is 0.343 e. The van der Waals surface area contributed by atoms with Gasteiger partial charge in [0.2, 0.25) is 0 Å². The van der Waals surface area contributed by atoms with Gasteiger partial charge in [-0.2, -0.15) is 0 Å². The lowest BCUT2D eigenvalue weighted by Crippen LogP contribution is -2.47. The van der Waals surface area contributed by atoms with E-state index in [1.165, 1.54) is 21.1 Å². The molecule has 1 aliphatic carbocycles. The molecule has 0 saturated heterocycles. The molecule has 0 saturated carbocycles. The second-order valence-corrected chi connectivity index (χ2v) is 7.22. The summed E-state index contributed by atoms with van der Waals surface area (Å²) in [6.45, 7) is 3.39. The fraction of sp³-hybridized carbons (Fsp3) is 0.769. The number of carbonyl (C=O) groups excluding carboxylic acids is 1. The summed E-state index contributed by atoms with van der Waals surface area (Å²) in [5.74, 6) is -0.581. The SMILES string of the molecule is CCOC(=O)C1=CCCCC1(C(C)O)P(=O)(OC)OC. The standard InChI is InChI=1S/C13H23O6P/c1-5-19-12(15)11-8-6-7-9-13(11,10(2)14)20(16,17-3)18-4/h8,10,14H,5-7,9H2,1-4H3. The van der Waals surface area contributed by atoms with Crippen molar-refractivity contribution in [2.45, 2.75) is 44.4 Å². The Kier molecular flexibility index (Phi) is 5.95. The molecule has 2 atom stereocenters. The summed E-state index contributed by atoms with van der Waals surface area (Å²) in [7, 11) is -1.18. The van der Waals surface area contributed by atoms with Gasteiger partial charge in [0, 0.05) is 14.2 Å². The minimum Gasteiger partial charge on any atom is -0.463 e. The summed E-state index contributed by atoms with van der Waals surface area (Å²) in [6.07, 6.45) is 2.29. The summed E-state index contributed by atoms with van der Waals surface area (Å²) in [6, 6.07) is 0. The van der Waals surface area contributed by atoms with E-state index in [4.69, 9.17) is 13.8 Å². The van der Waals surface area contributed by atoms with Gasteiger partial charge < -0.3 is 18.9 Å². The first-order valence-electron chi connectivity index (χ1n) is 6.67. The third-order valence-corrected chi connectivity index (χ3v) is 6.51. The molecular weight excluding hydrogens is 283 g/mol. The van der Waals surface area contributed by atoms with Gasteiger partial charge >= 0.3 is 13.6 Å². The third kappa shape index (κ3) is 2.70. The van der Waals surface area contributed by atoms with Crippen molar-refractivity contribution < 1.29 is 28.3 Å². The molecule has 0 heterocycles. The van der Waals surface area contributed by atoms with Crippen LogP contribution in [0.15, 0.2) is 11.6 Å². The number of allylic oxidation sites excluding steroid dienone is 1. The van der Waals surface area contributed by atoms with Crippen molar-refractivity contribution in [1.82, 2.24) is 0 Å². The topological polar surface area (TPSA) is 82.1 Å². The number of aliphatic hydroxyl groups excluding tert-OH is 1. The van der Waals surface area contributed by atoms with Gasteiger partial charge in [-0.1, -0.05) is 6.08 Å². The first-order chi connectivity index (χ1) is 9.39. The van der Waals surface area contributed by atoms with Gasteiger partial charge in [-0.15, -0.1) is 0 Å². The molecule has 1 aliphatic rings. The van der Waals surface area contributed by atoms with E-state index in [2.05, 4.69) is 0 Å². The van der Waals surface area contributed by atoms with Gasteiger partial charge in [-0.05, 0) is 33.1 Å². The molecule has 1 N–H and O–H groups in total. The Morgan fingerprint density at radius 3 is 2.55 bits per heavy atom. The minimum absolute atomic E-state index is 0.188. The Morgan fingerprint density at radius 1 is 1.50 bits per heavy atom. The fourth-order valence-electron chi connectivity index (χ4n) is 2.75. The molecule has 0 aliphatic heterocycles. The highest BCUT2D eigenvalue weighted by Gasteiger charge is 2.58. The Hall–Kier alpha value is -0.680. The molecule has 116 valence electrons. The highest BCUT2D eigenvalue weighted by molar-refractivity contribution is 7.56. The monoisotopic (exact) mass is 306 g/mol. The van der Waals surface area contributed by atoms with Gasteiger partial charge in [0.25, 0.3) is 0 Å². The maximum Gasteiger partial charge on any atom is 0.343 e. The molecule has 6 nitrogen and oxygen atoms in total. The zero-order valence-corrected chi connectivity index (χ0v) is 13.3. The number of aliphatic hydroxyl groups is 1. The van der Waals surface area contributed by atoms with Crippen molar-refractivity contribution in [1.29, 1.82) is 0 Å². The van der Waals surface area contributed by atoms with E-state index >= 15 is 0 Å². The van der Waals surface area contributed by atoms with Crippen molar-refractivity contribution >= 4 is 13.6 Å². The van der Waals surface area contributed by atoms with Gasteiger partial charge in [-0.25, -0.2) is 4.79 Å². The zero-order chi connectivity index (χ0) is 15.4. The molecule has 0 aromatic carbocycles. The molecule has 1 rings (SSSR count). The quantitative estimate of drug-likeness (QED) is 0.599. The highest BCUT2D eigenvalue weighted by Crippen LogP contribution is 2.66. The Labute approximate surface area is 119 Å². The maximum absolute atomic E-state index is 12.9. The van der Waals surface area contributed by atoms with Gasteiger partial charge in [0.15, 0.2) is 0 Å². The second-order valence-electron chi connectivity index (χ2n) is 4.69. The van der Waals surface area contributed by atoms with Crippen LogP contribution in [0, 0.1) is 0 Å². The minimum atomic E-state index is -3.70. The molecule has 7 heteroatoms. The molecule has 0 radical (unpaired) electrons. The molecule has 0 spiro atoms. The Morgan fingerprint density at radius 2 is 2.10 bits per heavy atom. The van der Waals surface area contributed by atoms with Gasteiger partial charge in [-0.3, -0.25) is 4.57 Å². The number of rotatable bonds is 6. The zero-order valence-electron chi connectivity index (χ0n) is 12.4. The van der Waals surface area contributed by atoms with E-state index in [9.17, 15) is 14.5 Å². The van der Waals surface area contributed by atoms with Crippen LogP contribution in [0.1, 0.15) is 33.1 Å². The largest absolute Gasteiger partial charge is 0.463 e. The van der Waals surface area contributed by atoms with Crippen molar-refractivity contribution in [3.63, 3.8) is 0 Å². The first kappa shape index (κ1) is 17.4. The summed E-state index contributed by atoms with van der Waals surface area (Å²) in [5.41, 5.74) is 0.188. The van der Waals surface area contributed by atoms with Crippen LogP contribution in [0.3, 0.4) is 0 Å². The van der Waals surface area contributed by atoms with E-state index in [1.807, 2.05) is 0 Å². The summed E-state index contributed by atoms with van der Waals surface area (Å²) in [5, 5.41) is 8.86. The van der Waals surface area contributed by atoms with E-state index < -0.39 is 24.8 Å². The van der Waals surface area contributed by atoms with Crippen molar-refractivity contribution in [3.05, 3.63) is 11.6 Å². The van der Waals surface area contributed by atoms with Crippen LogP contribution in [0.2, 0.25) is 0 Å². The third-order valence-electron chi connectivity index (χ3n) is 3.73.